The van der Waals surface area contributed by atoms with E-state index in [4.69, 9.17) is 4.74 Å². The molecule has 1 N–H and O–H groups in total. The number of ether oxygens (including phenoxy) is 1. The SMILES string of the molecule is O=S(=O)(c1cccc(F)c1)N1CC2(CCC2)Oc2c(N3CCNCC3)cccc21. The summed E-state index contributed by atoms with van der Waals surface area (Å²) in [6.45, 7) is 3.68. The Hall–Kier alpha value is -2.32. The van der Waals surface area contributed by atoms with Gasteiger partial charge in [-0.2, -0.15) is 0 Å². The van der Waals surface area contributed by atoms with Crippen LogP contribution in [0.15, 0.2) is 47.4 Å². The molecule has 0 atom stereocenters. The van der Waals surface area contributed by atoms with Crippen LogP contribution in [0.1, 0.15) is 19.3 Å². The van der Waals surface area contributed by atoms with Gasteiger partial charge in [0.15, 0.2) is 5.75 Å². The van der Waals surface area contributed by atoms with Crippen molar-refractivity contribution in [2.75, 3.05) is 41.9 Å². The van der Waals surface area contributed by atoms with E-state index < -0.39 is 21.4 Å². The van der Waals surface area contributed by atoms with Crippen LogP contribution in [0, 0.1) is 5.82 Å². The van der Waals surface area contributed by atoms with Gasteiger partial charge >= 0.3 is 0 Å². The summed E-state index contributed by atoms with van der Waals surface area (Å²) >= 11 is 0. The Labute approximate surface area is 170 Å². The predicted octanol–water partition coefficient (Wildman–Crippen LogP) is 2.75. The van der Waals surface area contributed by atoms with Crippen LogP contribution in [-0.2, 0) is 10.0 Å². The molecule has 1 spiro atoms. The van der Waals surface area contributed by atoms with E-state index in [2.05, 4.69) is 10.2 Å². The summed E-state index contributed by atoms with van der Waals surface area (Å²) in [4.78, 5) is 2.20. The molecule has 29 heavy (non-hydrogen) atoms. The van der Waals surface area contributed by atoms with Gasteiger partial charge in [0.1, 0.15) is 11.4 Å². The number of piperazine rings is 1. The summed E-state index contributed by atoms with van der Waals surface area (Å²) in [6, 6.07) is 10.9. The van der Waals surface area contributed by atoms with E-state index in [0.717, 1.165) is 57.2 Å². The summed E-state index contributed by atoms with van der Waals surface area (Å²) in [6.07, 6.45) is 2.65. The maximum absolute atomic E-state index is 13.8. The van der Waals surface area contributed by atoms with Crippen molar-refractivity contribution in [3.05, 3.63) is 48.3 Å². The normalized spacial score (nSPS) is 20.7. The first kappa shape index (κ1) is 18.7. The van der Waals surface area contributed by atoms with Crippen molar-refractivity contribution < 1.29 is 17.5 Å². The third kappa shape index (κ3) is 3.14. The highest BCUT2D eigenvalue weighted by atomic mass is 32.2. The van der Waals surface area contributed by atoms with Crippen molar-refractivity contribution in [2.45, 2.75) is 29.8 Å². The molecule has 2 aromatic carbocycles. The van der Waals surface area contributed by atoms with Gasteiger partial charge in [-0.05, 0) is 49.6 Å². The lowest BCUT2D eigenvalue weighted by atomic mass is 9.79. The molecule has 1 aliphatic carbocycles. The Kier molecular flexibility index (Phi) is 4.43. The number of nitrogens with zero attached hydrogens (tertiary/aromatic N) is 2. The zero-order chi connectivity index (χ0) is 20.1. The summed E-state index contributed by atoms with van der Waals surface area (Å²) < 4.78 is 48.7. The maximum atomic E-state index is 13.8. The predicted molar refractivity (Wildman–Crippen MR) is 110 cm³/mol. The molecule has 2 aliphatic heterocycles. The van der Waals surface area contributed by atoms with E-state index >= 15 is 0 Å². The molecule has 8 heteroatoms. The van der Waals surface area contributed by atoms with E-state index in [0.29, 0.717) is 11.4 Å². The minimum Gasteiger partial charge on any atom is -0.481 e. The molecule has 0 aromatic heterocycles. The van der Waals surface area contributed by atoms with Gasteiger partial charge in [-0.3, -0.25) is 4.31 Å². The van der Waals surface area contributed by atoms with Crippen LogP contribution in [0.5, 0.6) is 5.75 Å². The first-order chi connectivity index (χ1) is 14.0. The minimum atomic E-state index is -3.91. The Morgan fingerprint density at radius 1 is 1.03 bits per heavy atom. The number of benzene rings is 2. The van der Waals surface area contributed by atoms with Crippen molar-refractivity contribution in [3.8, 4) is 5.75 Å². The number of rotatable bonds is 3. The van der Waals surface area contributed by atoms with Crippen LogP contribution >= 0.6 is 0 Å². The molecular formula is C21H24FN3O3S. The standard InChI is InChI=1S/C21H24FN3O3S/c22-16-4-1-5-17(14-16)29(26,27)25-15-21(8-3-9-21)28-20-18(6-2-7-19(20)25)24-12-10-23-11-13-24/h1-2,4-7,14,23H,3,8-13,15H2. The molecule has 0 bridgehead atoms. The molecule has 3 aliphatic rings. The van der Waals surface area contributed by atoms with E-state index in [-0.39, 0.29) is 11.4 Å². The number of hydrogen-bond donors (Lipinski definition) is 1. The molecular weight excluding hydrogens is 393 g/mol. The number of halogens is 1. The number of fused-ring (bicyclic) bond motifs is 1. The van der Waals surface area contributed by atoms with Crippen LogP contribution in [0.2, 0.25) is 0 Å². The molecule has 1 saturated heterocycles. The number of anilines is 2. The second-order valence-electron chi connectivity index (χ2n) is 7.97. The van der Waals surface area contributed by atoms with Gasteiger partial charge in [-0.1, -0.05) is 12.1 Å². The van der Waals surface area contributed by atoms with E-state index in [1.165, 1.54) is 22.5 Å². The number of hydrogen-bond acceptors (Lipinski definition) is 5. The molecule has 2 heterocycles. The monoisotopic (exact) mass is 417 g/mol. The highest BCUT2D eigenvalue weighted by molar-refractivity contribution is 7.92. The Balaban J connectivity index is 1.63. The van der Waals surface area contributed by atoms with Gasteiger partial charge in [0.25, 0.3) is 10.0 Å². The fourth-order valence-electron chi connectivity index (χ4n) is 4.36. The fourth-order valence-corrected chi connectivity index (χ4v) is 5.94. The van der Waals surface area contributed by atoms with Crippen LogP contribution in [0.25, 0.3) is 0 Å². The van der Waals surface area contributed by atoms with E-state index in [9.17, 15) is 12.8 Å². The Morgan fingerprint density at radius 3 is 2.45 bits per heavy atom. The minimum absolute atomic E-state index is 0.0348. The Bertz CT molecular complexity index is 1030. The van der Waals surface area contributed by atoms with Crippen LogP contribution < -0.4 is 19.3 Å². The van der Waals surface area contributed by atoms with Gasteiger partial charge in [0.2, 0.25) is 0 Å². The van der Waals surface area contributed by atoms with Crippen molar-refractivity contribution in [1.29, 1.82) is 0 Å². The second kappa shape index (κ2) is 6.88. The molecule has 0 amide bonds. The van der Waals surface area contributed by atoms with Gasteiger partial charge in [-0.15, -0.1) is 0 Å². The molecule has 154 valence electrons. The molecule has 6 nitrogen and oxygen atoms in total. The highest BCUT2D eigenvalue weighted by Crippen LogP contribution is 2.50. The van der Waals surface area contributed by atoms with Crippen LogP contribution in [0.4, 0.5) is 15.8 Å². The van der Waals surface area contributed by atoms with Crippen LogP contribution in [-0.4, -0.2) is 46.7 Å². The first-order valence-corrected chi connectivity index (χ1v) is 11.5. The van der Waals surface area contributed by atoms with Crippen molar-refractivity contribution in [1.82, 2.24) is 5.32 Å². The zero-order valence-electron chi connectivity index (χ0n) is 16.1. The lowest BCUT2D eigenvalue weighted by molar-refractivity contribution is -0.00338. The average molecular weight is 418 g/mol. The summed E-state index contributed by atoms with van der Waals surface area (Å²) in [7, 11) is -3.91. The highest BCUT2D eigenvalue weighted by Gasteiger charge is 2.49. The lowest BCUT2D eigenvalue weighted by Crippen LogP contribution is -2.57. The summed E-state index contributed by atoms with van der Waals surface area (Å²) in [5.41, 5.74) is 0.953. The van der Waals surface area contributed by atoms with E-state index in [1.54, 1.807) is 6.07 Å². The molecule has 5 rings (SSSR count). The second-order valence-corrected chi connectivity index (χ2v) is 9.83. The van der Waals surface area contributed by atoms with Crippen molar-refractivity contribution in [3.63, 3.8) is 0 Å². The summed E-state index contributed by atoms with van der Waals surface area (Å²) in [5, 5.41) is 3.34. The first-order valence-electron chi connectivity index (χ1n) is 10.0. The summed E-state index contributed by atoms with van der Waals surface area (Å²) in [5.74, 6) is 0.0628. The smallest absolute Gasteiger partial charge is 0.264 e. The lowest BCUT2D eigenvalue weighted by Gasteiger charge is -2.49. The third-order valence-corrected chi connectivity index (χ3v) is 7.85. The quantitative estimate of drug-likeness (QED) is 0.832. The molecule has 2 fully saturated rings. The number of para-hydroxylation sites is 1. The zero-order valence-corrected chi connectivity index (χ0v) is 16.9. The number of nitrogens with one attached hydrogen (secondary N) is 1. The fraction of sp³-hybridized carbons (Fsp3) is 0.429. The molecule has 1 saturated carbocycles. The van der Waals surface area contributed by atoms with Crippen molar-refractivity contribution >= 4 is 21.4 Å². The average Bonchev–Trinajstić information content (AvgIpc) is 2.72. The van der Waals surface area contributed by atoms with Gasteiger partial charge in [0.05, 0.1) is 22.8 Å². The molecule has 0 unspecified atom stereocenters. The Morgan fingerprint density at radius 2 is 1.76 bits per heavy atom. The maximum Gasteiger partial charge on any atom is 0.264 e. The largest absolute Gasteiger partial charge is 0.481 e. The van der Waals surface area contributed by atoms with Gasteiger partial charge in [-0.25, -0.2) is 12.8 Å². The van der Waals surface area contributed by atoms with Gasteiger partial charge in [0, 0.05) is 26.2 Å². The molecule has 2 aromatic rings. The number of sulfonamides is 1. The third-order valence-electron chi connectivity index (χ3n) is 6.10. The van der Waals surface area contributed by atoms with Gasteiger partial charge < -0.3 is 15.0 Å². The van der Waals surface area contributed by atoms with Crippen LogP contribution in [0.3, 0.4) is 0 Å². The van der Waals surface area contributed by atoms with E-state index in [1.807, 2.05) is 12.1 Å². The molecule has 0 radical (unpaired) electrons. The van der Waals surface area contributed by atoms with Crippen molar-refractivity contribution in [2.24, 2.45) is 0 Å². The topological polar surface area (TPSA) is 61.9 Å².